The number of carbonyl (C=O) groups excluding carboxylic acids is 3. The van der Waals surface area contributed by atoms with Crippen molar-refractivity contribution in [1.29, 1.82) is 0 Å². The van der Waals surface area contributed by atoms with Crippen molar-refractivity contribution in [3.8, 4) is 0 Å². The van der Waals surface area contributed by atoms with Crippen LogP contribution in [-0.4, -0.2) is 34.5 Å². The SMILES string of the molecule is CC1(c2cccc(C(=O)NC3(C(=O)O)CCCCC3)c2)NC(=O)NC1=O. The number of rotatable bonds is 4. The van der Waals surface area contributed by atoms with E-state index in [1.54, 1.807) is 25.1 Å². The van der Waals surface area contributed by atoms with Crippen LogP contribution in [0.4, 0.5) is 4.79 Å². The van der Waals surface area contributed by atoms with Crippen molar-refractivity contribution in [3.63, 3.8) is 0 Å². The fourth-order valence-electron chi connectivity index (χ4n) is 3.56. The van der Waals surface area contributed by atoms with Crippen molar-refractivity contribution < 1.29 is 24.3 Å². The number of nitrogens with one attached hydrogen (secondary N) is 3. The standard InChI is InChI=1S/C18H21N3O5/c1-17(14(23)19-16(26)21-17)12-7-5-6-11(10-12)13(22)20-18(15(24)25)8-3-2-4-9-18/h5-7,10H,2-4,8-9H2,1H3,(H,20,22)(H,24,25)(H2,19,21,23,26). The Morgan fingerprint density at radius 1 is 1.15 bits per heavy atom. The van der Waals surface area contributed by atoms with Gasteiger partial charge in [-0.2, -0.15) is 0 Å². The van der Waals surface area contributed by atoms with Gasteiger partial charge in [0, 0.05) is 5.56 Å². The van der Waals surface area contributed by atoms with Crippen LogP contribution in [0.25, 0.3) is 0 Å². The van der Waals surface area contributed by atoms with Gasteiger partial charge in [-0.15, -0.1) is 0 Å². The summed E-state index contributed by atoms with van der Waals surface area (Å²) >= 11 is 0. The molecule has 1 aromatic carbocycles. The van der Waals surface area contributed by atoms with Gasteiger partial charge in [0.2, 0.25) is 0 Å². The Labute approximate surface area is 150 Å². The Morgan fingerprint density at radius 3 is 2.42 bits per heavy atom. The first-order chi connectivity index (χ1) is 12.3. The van der Waals surface area contributed by atoms with Gasteiger partial charge < -0.3 is 15.7 Å². The van der Waals surface area contributed by atoms with Gasteiger partial charge >= 0.3 is 12.0 Å². The minimum absolute atomic E-state index is 0.240. The fourth-order valence-corrected chi connectivity index (χ4v) is 3.56. The van der Waals surface area contributed by atoms with Crippen LogP contribution < -0.4 is 16.0 Å². The summed E-state index contributed by atoms with van der Waals surface area (Å²) in [5.74, 6) is -2.05. The van der Waals surface area contributed by atoms with Crippen molar-refractivity contribution >= 4 is 23.8 Å². The van der Waals surface area contributed by atoms with Gasteiger partial charge in [0.25, 0.3) is 11.8 Å². The number of imide groups is 1. The molecule has 2 aliphatic rings. The summed E-state index contributed by atoms with van der Waals surface area (Å²) in [4.78, 5) is 47.9. The molecule has 0 radical (unpaired) electrons. The molecule has 26 heavy (non-hydrogen) atoms. The van der Waals surface area contributed by atoms with E-state index in [2.05, 4.69) is 16.0 Å². The lowest BCUT2D eigenvalue weighted by atomic mass is 9.81. The molecule has 0 aromatic heterocycles. The number of urea groups is 1. The molecular weight excluding hydrogens is 338 g/mol. The van der Waals surface area contributed by atoms with Gasteiger partial charge in [-0.3, -0.25) is 14.9 Å². The van der Waals surface area contributed by atoms with E-state index in [4.69, 9.17) is 0 Å². The molecule has 4 amide bonds. The lowest BCUT2D eigenvalue weighted by Gasteiger charge is -2.34. The molecule has 3 rings (SSSR count). The van der Waals surface area contributed by atoms with Gasteiger partial charge in [-0.25, -0.2) is 9.59 Å². The van der Waals surface area contributed by atoms with Crippen molar-refractivity contribution in [3.05, 3.63) is 35.4 Å². The largest absolute Gasteiger partial charge is 0.480 e. The summed E-state index contributed by atoms with van der Waals surface area (Å²) in [6, 6.07) is 5.69. The maximum absolute atomic E-state index is 12.7. The summed E-state index contributed by atoms with van der Waals surface area (Å²) in [6.07, 6.45) is 3.23. The Hall–Kier alpha value is -2.90. The topological polar surface area (TPSA) is 125 Å². The van der Waals surface area contributed by atoms with Gasteiger partial charge in [0.1, 0.15) is 11.1 Å². The Morgan fingerprint density at radius 2 is 1.85 bits per heavy atom. The molecule has 8 heteroatoms. The molecule has 1 aliphatic heterocycles. The molecule has 1 aromatic rings. The number of benzene rings is 1. The second-order valence-corrected chi connectivity index (χ2v) is 7.02. The Balaban J connectivity index is 1.86. The highest BCUT2D eigenvalue weighted by atomic mass is 16.4. The van der Waals surface area contributed by atoms with E-state index >= 15 is 0 Å². The van der Waals surface area contributed by atoms with Crippen LogP contribution in [0.2, 0.25) is 0 Å². The van der Waals surface area contributed by atoms with Gasteiger partial charge in [0.15, 0.2) is 0 Å². The molecule has 1 atom stereocenters. The van der Waals surface area contributed by atoms with Crippen molar-refractivity contribution in [2.24, 2.45) is 0 Å². The van der Waals surface area contributed by atoms with Gasteiger partial charge in [0.05, 0.1) is 0 Å². The second kappa shape index (κ2) is 6.44. The number of carbonyl (C=O) groups is 4. The van der Waals surface area contributed by atoms with Crippen molar-refractivity contribution in [2.75, 3.05) is 0 Å². The summed E-state index contributed by atoms with van der Waals surface area (Å²) in [7, 11) is 0. The van der Waals surface area contributed by atoms with E-state index < -0.39 is 34.9 Å². The van der Waals surface area contributed by atoms with Crippen molar-refractivity contribution in [1.82, 2.24) is 16.0 Å². The third kappa shape index (κ3) is 3.02. The predicted molar refractivity (Wildman–Crippen MR) is 91.4 cm³/mol. The summed E-state index contributed by atoms with van der Waals surface area (Å²) in [5.41, 5.74) is -1.85. The van der Waals surface area contributed by atoms with Crippen LogP contribution in [-0.2, 0) is 15.1 Å². The van der Waals surface area contributed by atoms with E-state index in [0.717, 1.165) is 19.3 Å². The van der Waals surface area contributed by atoms with Crippen molar-refractivity contribution in [2.45, 2.75) is 50.1 Å². The van der Waals surface area contributed by atoms with E-state index in [0.29, 0.717) is 18.4 Å². The number of carboxylic acids is 1. The van der Waals surface area contributed by atoms with Crippen LogP contribution in [0, 0.1) is 0 Å². The van der Waals surface area contributed by atoms with Crippen LogP contribution in [0.1, 0.15) is 54.9 Å². The summed E-state index contributed by atoms with van der Waals surface area (Å²) < 4.78 is 0. The van der Waals surface area contributed by atoms with E-state index in [9.17, 15) is 24.3 Å². The minimum atomic E-state index is -1.28. The first kappa shape index (κ1) is 17.9. The van der Waals surface area contributed by atoms with Crippen LogP contribution >= 0.6 is 0 Å². The van der Waals surface area contributed by atoms with E-state index in [1.165, 1.54) is 6.07 Å². The molecule has 2 fully saturated rings. The first-order valence-electron chi connectivity index (χ1n) is 8.57. The third-order valence-electron chi connectivity index (χ3n) is 5.22. The predicted octanol–water partition coefficient (Wildman–Crippen LogP) is 1.26. The number of carboxylic acid groups (broad SMARTS) is 1. The zero-order valence-corrected chi connectivity index (χ0v) is 14.4. The molecule has 138 valence electrons. The highest BCUT2D eigenvalue weighted by Crippen LogP contribution is 2.29. The van der Waals surface area contributed by atoms with Crippen LogP contribution in [0.5, 0.6) is 0 Å². The zero-order chi connectivity index (χ0) is 18.9. The highest BCUT2D eigenvalue weighted by Gasteiger charge is 2.44. The highest BCUT2D eigenvalue weighted by molar-refractivity contribution is 6.07. The van der Waals surface area contributed by atoms with Gasteiger partial charge in [-0.1, -0.05) is 31.4 Å². The maximum Gasteiger partial charge on any atom is 0.329 e. The smallest absolute Gasteiger partial charge is 0.329 e. The Bertz CT molecular complexity index is 785. The van der Waals surface area contributed by atoms with Gasteiger partial charge in [-0.05, 0) is 37.5 Å². The van der Waals surface area contributed by atoms with E-state index in [1.807, 2.05) is 0 Å². The van der Waals surface area contributed by atoms with E-state index in [-0.39, 0.29) is 5.56 Å². The van der Waals surface area contributed by atoms with Crippen LogP contribution in [0.15, 0.2) is 24.3 Å². The summed E-state index contributed by atoms with van der Waals surface area (Å²) in [6.45, 7) is 1.55. The minimum Gasteiger partial charge on any atom is -0.480 e. The molecule has 4 N–H and O–H groups in total. The fraction of sp³-hybridized carbons (Fsp3) is 0.444. The monoisotopic (exact) mass is 359 g/mol. The number of hydrogen-bond donors (Lipinski definition) is 4. The molecule has 1 aliphatic carbocycles. The average molecular weight is 359 g/mol. The molecule has 1 heterocycles. The number of aliphatic carboxylic acids is 1. The van der Waals surface area contributed by atoms with Crippen LogP contribution in [0.3, 0.4) is 0 Å². The average Bonchev–Trinajstić information content (AvgIpc) is 2.88. The first-order valence-corrected chi connectivity index (χ1v) is 8.57. The maximum atomic E-state index is 12.7. The number of amides is 4. The summed E-state index contributed by atoms with van der Waals surface area (Å²) in [5, 5.41) is 17.0. The molecule has 0 spiro atoms. The molecule has 1 saturated carbocycles. The zero-order valence-electron chi connectivity index (χ0n) is 14.4. The third-order valence-corrected chi connectivity index (χ3v) is 5.22. The number of hydrogen-bond acceptors (Lipinski definition) is 4. The molecule has 1 unspecified atom stereocenters. The Kier molecular flexibility index (Phi) is 4.43. The lowest BCUT2D eigenvalue weighted by molar-refractivity contribution is -0.146. The molecule has 0 bridgehead atoms. The second-order valence-electron chi connectivity index (χ2n) is 7.02. The lowest BCUT2D eigenvalue weighted by Crippen LogP contribution is -2.55. The normalized spacial score (nSPS) is 24.5. The quantitative estimate of drug-likeness (QED) is 0.602. The molecular formula is C18H21N3O5. The molecule has 8 nitrogen and oxygen atoms in total. The molecule has 1 saturated heterocycles.